The van der Waals surface area contributed by atoms with Crippen LogP contribution in [0.2, 0.25) is 0 Å². The summed E-state index contributed by atoms with van der Waals surface area (Å²) in [4.78, 5) is 29.8. The smallest absolute Gasteiger partial charge is 0.326 e. The monoisotopic (exact) mass is 289 g/mol. The van der Waals surface area contributed by atoms with Crippen LogP contribution in [0.15, 0.2) is 23.2 Å². The first kappa shape index (κ1) is 15.2. The quantitative estimate of drug-likeness (QED) is 0.841. The van der Waals surface area contributed by atoms with Crippen molar-refractivity contribution in [2.45, 2.75) is 26.9 Å². The summed E-state index contributed by atoms with van der Waals surface area (Å²) in [5.74, 6) is -0.873. The topological polar surface area (TPSA) is 85.0 Å². The normalized spacial score (nSPS) is 17.9. The number of aryl methyl sites for hydroxylation is 1. The van der Waals surface area contributed by atoms with E-state index in [4.69, 9.17) is 10.5 Å². The predicted octanol–water partition coefficient (Wildman–Crippen LogP) is 0.999. The van der Waals surface area contributed by atoms with E-state index in [1.165, 1.54) is 4.90 Å². The van der Waals surface area contributed by atoms with E-state index in [1.54, 1.807) is 13.8 Å². The summed E-state index contributed by atoms with van der Waals surface area (Å²) in [6.07, 6.45) is -1.01. The molecule has 6 nitrogen and oxygen atoms in total. The zero-order chi connectivity index (χ0) is 15.6. The minimum absolute atomic E-state index is 0.166. The lowest BCUT2D eigenvalue weighted by Crippen LogP contribution is -2.45. The zero-order valence-corrected chi connectivity index (χ0v) is 12.4. The van der Waals surface area contributed by atoms with Crippen molar-refractivity contribution >= 4 is 23.3 Å². The van der Waals surface area contributed by atoms with Gasteiger partial charge in [-0.05, 0) is 26.3 Å². The number of nitrogens with two attached hydrogens (primary N) is 1. The minimum atomic E-state index is -1.01. The molecule has 1 aliphatic rings. The van der Waals surface area contributed by atoms with E-state index in [9.17, 15) is 9.59 Å². The molecule has 2 N–H and O–H groups in total. The van der Waals surface area contributed by atoms with Gasteiger partial charge in [-0.2, -0.15) is 0 Å². The van der Waals surface area contributed by atoms with Gasteiger partial charge in [0.2, 0.25) is 0 Å². The number of hydrogen-bond donors (Lipinski definition) is 1. The Morgan fingerprint density at radius 2 is 2.14 bits per heavy atom. The molecular formula is C15H19N3O3. The summed E-state index contributed by atoms with van der Waals surface area (Å²) in [7, 11) is 0. The number of amides is 1. The Labute approximate surface area is 123 Å². The highest BCUT2D eigenvalue weighted by molar-refractivity contribution is 6.13. The number of esters is 1. The van der Waals surface area contributed by atoms with Crippen molar-refractivity contribution in [3.63, 3.8) is 0 Å². The lowest BCUT2D eigenvalue weighted by Gasteiger charge is -2.24. The highest BCUT2D eigenvalue weighted by atomic mass is 16.5. The largest absolute Gasteiger partial charge is 0.465 e. The van der Waals surface area contributed by atoms with Crippen LogP contribution in [-0.2, 0) is 14.3 Å². The number of hydrogen-bond acceptors (Lipinski definition) is 5. The standard InChI is InChI=1S/C15H19N3O3/c1-4-21-12(19)8-18-13-9(2)6-5-7-11(13)10(3)17-14(16)15(18)20/h5-7,14H,4,8,16H2,1-3H3. The molecule has 1 heterocycles. The van der Waals surface area contributed by atoms with Crippen LogP contribution in [0, 0.1) is 6.92 Å². The average molecular weight is 289 g/mol. The molecule has 1 unspecified atom stereocenters. The van der Waals surface area contributed by atoms with Gasteiger partial charge < -0.3 is 10.5 Å². The second-order valence-corrected chi connectivity index (χ2v) is 4.86. The van der Waals surface area contributed by atoms with E-state index in [0.29, 0.717) is 11.4 Å². The molecule has 6 heteroatoms. The summed E-state index contributed by atoms with van der Waals surface area (Å²) in [6.45, 7) is 5.51. The van der Waals surface area contributed by atoms with E-state index in [1.807, 2.05) is 25.1 Å². The average Bonchev–Trinajstić information content (AvgIpc) is 2.51. The van der Waals surface area contributed by atoms with Crippen LogP contribution in [0.4, 0.5) is 5.69 Å². The fraction of sp³-hybridized carbons (Fsp3) is 0.400. The van der Waals surface area contributed by atoms with Gasteiger partial charge in [0.05, 0.1) is 12.3 Å². The number of anilines is 1. The molecule has 1 aliphatic heterocycles. The number of benzene rings is 1. The summed E-state index contributed by atoms with van der Waals surface area (Å²) >= 11 is 0. The maximum Gasteiger partial charge on any atom is 0.326 e. The second-order valence-electron chi connectivity index (χ2n) is 4.86. The Bertz CT molecular complexity index is 610. The summed E-state index contributed by atoms with van der Waals surface area (Å²) in [5, 5.41) is 0. The Kier molecular flexibility index (Phi) is 4.37. The van der Waals surface area contributed by atoms with Crippen molar-refractivity contribution in [1.82, 2.24) is 0 Å². The van der Waals surface area contributed by atoms with Crippen molar-refractivity contribution in [1.29, 1.82) is 0 Å². The van der Waals surface area contributed by atoms with Crippen LogP contribution in [-0.4, -0.2) is 36.9 Å². The van der Waals surface area contributed by atoms with Crippen molar-refractivity contribution in [3.8, 4) is 0 Å². The number of para-hydroxylation sites is 1. The van der Waals surface area contributed by atoms with Crippen LogP contribution in [0.1, 0.15) is 25.0 Å². The highest BCUT2D eigenvalue weighted by Gasteiger charge is 2.31. The van der Waals surface area contributed by atoms with E-state index in [0.717, 1.165) is 11.1 Å². The Hall–Kier alpha value is -2.21. The molecular weight excluding hydrogens is 270 g/mol. The minimum Gasteiger partial charge on any atom is -0.465 e. The summed E-state index contributed by atoms with van der Waals surface area (Å²) < 4.78 is 4.94. The van der Waals surface area contributed by atoms with Crippen molar-refractivity contribution < 1.29 is 14.3 Å². The fourth-order valence-electron chi connectivity index (χ4n) is 2.41. The molecule has 0 fully saturated rings. The van der Waals surface area contributed by atoms with Gasteiger partial charge in [0, 0.05) is 11.3 Å². The molecule has 2 rings (SSSR count). The number of rotatable bonds is 3. The molecule has 1 atom stereocenters. The first-order valence-electron chi connectivity index (χ1n) is 6.82. The van der Waals surface area contributed by atoms with Crippen LogP contribution in [0.25, 0.3) is 0 Å². The zero-order valence-electron chi connectivity index (χ0n) is 12.4. The molecule has 1 amide bonds. The Morgan fingerprint density at radius 3 is 2.81 bits per heavy atom. The van der Waals surface area contributed by atoms with Crippen molar-refractivity contribution in [3.05, 3.63) is 29.3 Å². The molecule has 0 saturated carbocycles. The van der Waals surface area contributed by atoms with Gasteiger partial charge in [0.1, 0.15) is 6.54 Å². The van der Waals surface area contributed by atoms with Crippen molar-refractivity contribution in [2.75, 3.05) is 18.1 Å². The van der Waals surface area contributed by atoms with Crippen molar-refractivity contribution in [2.24, 2.45) is 10.7 Å². The van der Waals surface area contributed by atoms with Gasteiger partial charge in [-0.15, -0.1) is 0 Å². The maximum absolute atomic E-state index is 12.4. The SMILES string of the molecule is CCOC(=O)CN1C(=O)C(N)N=C(C)c2cccc(C)c21. The van der Waals surface area contributed by atoms with Gasteiger partial charge in [-0.1, -0.05) is 18.2 Å². The Morgan fingerprint density at radius 1 is 1.43 bits per heavy atom. The van der Waals surface area contributed by atoms with E-state index >= 15 is 0 Å². The van der Waals surface area contributed by atoms with Gasteiger partial charge in [-0.25, -0.2) is 0 Å². The van der Waals surface area contributed by atoms with Gasteiger partial charge in [-0.3, -0.25) is 19.5 Å². The highest BCUT2D eigenvalue weighted by Crippen LogP contribution is 2.28. The number of fused-ring (bicyclic) bond motifs is 1. The van der Waals surface area contributed by atoms with Gasteiger partial charge >= 0.3 is 5.97 Å². The summed E-state index contributed by atoms with van der Waals surface area (Å²) in [5.41, 5.74) is 8.85. The third-order valence-corrected chi connectivity index (χ3v) is 3.34. The number of ether oxygens (including phenoxy) is 1. The lowest BCUT2D eigenvalue weighted by atomic mass is 10.0. The van der Waals surface area contributed by atoms with Crippen LogP contribution in [0.3, 0.4) is 0 Å². The molecule has 0 saturated heterocycles. The number of carbonyl (C=O) groups excluding carboxylic acids is 2. The van der Waals surface area contributed by atoms with Crippen LogP contribution in [0.5, 0.6) is 0 Å². The number of carbonyl (C=O) groups is 2. The lowest BCUT2D eigenvalue weighted by molar-refractivity contribution is -0.142. The third kappa shape index (κ3) is 2.95. The molecule has 21 heavy (non-hydrogen) atoms. The van der Waals surface area contributed by atoms with E-state index < -0.39 is 18.0 Å². The molecule has 0 radical (unpaired) electrons. The maximum atomic E-state index is 12.4. The molecule has 0 aliphatic carbocycles. The molecule has 112 valence electrons. The molecule has 0 aromatic heterocycles. The Balaban J connectivity index is 2.51. The molecule has 1 aromatic rings. The molecule has 0 bridgehead atoms. The van der Waals surface area contributed by atoms with Gasteiger partial charge in [0.25, 0.3) is 5.91 Å². The van der Waals surface area contributed by atoms with E-state index in [2.05, 4.69) is 4.99 Å². The van der Waals surface area contributed by atoms with Crippen LogP contribution >= 0.6 is 0 Å². The molecule has 1 aromatic carbocycles. The fourth-order valence-corrected chi connectivity index (χ4v) is 2.41. The second kappa shape index (κ2) is 6.05. The van der Waals surface area contributed by atoms with Gasteiger partial charge in [0.15, 0.2) is 6.17 Å². The predicted molar refractivity (Wildman–Crippen MR) is 80.4 cm³/mol. The van der Waals surface area contributed by atoms with E-state index in [-0.39, 0.29) is 13.2 Å². The molecule has 0 spiro atoms. The first-order chi connectivity index (χ1) is 9.95. The summed E-state index contributed by atoms with van der Waals surface area (Å²) in [6, 6.07) is 5.64. The first-order valence-corrected chi connectivity index (χ1v) is 6.82. The van der Waals surface area contributed by atoms with Crippen LogP contribution < -0.4 is 10.6 Å². The number of aliphatic imine (C=N–C) groups is 1. The number of nitrogens with zero attached hydrogens (tertiary/aromatic N) is 2. The number of benzodiazepines with no additional fused rings is 1. The third-order valence-electron chi connectivity index (χ3n) is 3.34.